The van der Waals surface area contributed by atoms with Crippen LogP contribution in [0.5, 0.6) is 5.75 Å². The molecule has 2 heterocycles. The van der Waals surface area contributed by atoms with E-state index in [4.69, 9.17) is 9.47 Å². The molecule has 0 unspecified atom stereocenters. The van der Waals surface area contributed by atoms with Crippen LogP contribution in [-0.2, 0) is 27.4 Å². The second-order valence-corrected chi connectivity index (χ2v) is 12.0. The number of hydrogen-bond donors (Lipinski definition) is 4. The molecule has 0 saturated heterocycles. The highest BCUT2D eigenvalue weighted by atomic mass is 32.2. The van der Waals surface area contributed by atoms with Crippen molar-refractivity contribution in [1.29, 1.82) is 0 Å². The number of imidazole rings is 1. The van der Waals surface area contributed by atoms with E-state index in [1.54, 1.807) is 45.0 Å². The first kappa shape index (κ1) is 34.2. The molecule has 14 nitrogen and oxygen atoms in total. The van der Waals surface area contributed by atoms with Gasteiger partial charge in [-0.15, -0.1) is 0 Å². The number of hydrogen-bond acceptors (Lipinski definition) is 9. The number of thioether (sulfide) groups is 1. The summed E-state index contributed by atoms with van der Waals surface area (Å²) in [7, 11) is 0. The van der Waals surface area contributed by atoms with Gasteiger partial charge < -0.3 is 19.8 Å². The van der Waals surface area contributed by atoms with Crippen LogP contribution in [0.4, 0.5) is 4.79 Å². The zero-order chi connectivity index (χ0) is 32.4. The Balaban J connectivity index is 1.62. The molecule has 0 saturated carbocycles. The molecule has 0 aliphatic carbocycles. The van der Waals surface area contributed by atoms with Gasteiger partial charge in [0, 0.05) is 18.7 Å². The Morgan fingerprint density at radius 3 is 2.30 bits per heavy atom. The number of aryl methyl sites for hydroxylation is 1. The minimum atomic E-state index is -0.907. The largest absolute Gasteiger partial charge is 0.484 e. The third-order valence-electron chi connectivity index (χ3n) is 6.20. The van der Waals surface area contributed by atoms with Crippen molar-refractivity contribution >= 4 is 40.8 Å². The van der Waals surface area contributed by atoms with Crippen LogP contribution >= 0.6 is 11.8 Å². The standard InChI is InChI=1S/C29H41N7O7S/c1-7-14-35-24-22(26(39)36(15-8-2)28(35)41)31-23(32-24)18-9-11-19(12-10-18)42-17-21(37)33-34-25(38)20(13-16-44-6)30-27(40)43-29(3,4)5/h9-12,20H,7-8,13-17H2,1-6H3,(H,30,40)(H,31,32)(H,33,37)(H,34,38)/t20-/m0/s1. The van der Waals surface area contributed by atoms with Gasteiger partial charge in [0.05, 0.1) is 0 Å². The second-order valence-electron chi connectivity index (χ2n) is 11.0. The highest BCUT2D eigenvalue weighted by Crippen LogP contribution is 2.22. The summed E-state index contributed by atoms with van der Waals surface area (Å²) in [6.45, 7) is 9.35. The molecule has 240 valence electrons. The van der Waals surface area contributed by atoms with Gasteiger partial charge in [0.1, 0.15) is 28.7 Å². The predicted octanol–water partition coefficient (Wildman–Crippen LogP) is 2.55. The first-order valence-corrected chi connectivity index (χ1v) is 15.8. The zero-order valence-electron chi connectivity index (χ0n) is 25.9. The molecule has 0 spiro atoms. The van der Waals surface area contributed by atoms with Crippen molar-refractivity contribution in [3.8, 4) is 17.1 Å². The van der Waals surface area contributed by atoms with Crippen LogP contribution in [0.3, 0.4) is 0 Å². The van der Waals surface area contributed by atoms with Gasteiger partial charge in [0.25, 0.3) is 17.4 Å². The maximum absolute atomic E-state index is 13.0. The van der Waals surface area contributed by atoms with Gasteiger partial charge >= 0.3 is 11.8 Å². The lowest BCUT2D eigenvalue weighted by atomic mass is 10.2. The molecule has 3 aromatic rings. The van der Waals surface area contributed by atoms with E-state index in [9.17, 15) is 24.0 Å². The monoisotopic (exact) mass is 631 g/mol. The number of aromatic amines is 1. The Morgan fingerprint density at radius 1 is 1.02 bits per heavy atom. The van der Waals surface area contributed by atoms with Gasteiger partial charge in [-0.1, -0.05) is 13.8 Å². The van der Waals surface area contributed by atoms with E-state index >= 15 is 0 Å². The van der Waals surface area contributed by atoms with E-state index in [1.807, 2.05) is 20.1 Å². The Labute approximate surface area is 259 Å². The van der Waals surface area contributed by atoms with E-state index < -0.39 is 35.1 Å². The van der Waals surface area contributed by atoms with Crippen LogP contribution in [0.2, 0.25) is 0 Å². The van der Waals surface area contributed by atoms with E-state index in [0.29, 0.717) is 60.9 Å². The van der Waals surface area contributed by atoms with Crippen molar-refractivity contribution < 1.29 is 23.9 Å². The second kappa shape index (κ2) is 15.5. The molecule has 1 aromatic carbocycles. The molecule has 4 N–H and O–H groups in total. The van der Waals surface area contributed by atoms with Gasteiger partial charge in [0.2, 0.25) is 0 Å². The fourth-order valence-corrected chi connectivity index (χ4v) is 4.69. The summed E-state index contributed by atoms with van der Waals surface area (Å²) in [6.07, 6.45) is 2.82. The lowest BCUT2D eigenvalue weighted by Crippen LogP contribution is -2.53. The highest BCUT2D eigenvalue weighted by molar-refractivity contribution is 7.98. The number of hydrazine groups is 1. The molecule has 0 bridgehead atoms. The fourth-order valence-electron chi connectivity index (χ4n) is 4.22. The van der Waals surface area contributed by atoms with Gasteiger partial charge in [-0.3, -0.25) is 34.4 Å². The number of aromatic nitrogens is 4. The fraction of sp³-hybridized carbons (Fsp3) is 0.517. The molecule has 15 heteroatoms. The number of alkyl carbamates (subject to hydrolysis) is 1. The number of fused-ring (bicyclic) bond motifs is 1. The van der Waals surface area contributed by atoms with Gasteiger partial charge in [-0.05, 0) is 76.3 Å². The van der Waals surface area contributed by atoms with Crippen LogP contribution < -0.4 is 32.2 Å². The number of carbonyl (C=O) groups is 3. The first-order valence-electron chi connectivity index (χ1n) is 14.4. The minimum Gasteiger partial charge on any atom is -0.484 e. The van der Waals surface area contributed by atoms with E-state index in [0.717, 1.165) is 0 Å². The number of benzene rings is 1. The summed E-state index contributed by atoms with van der Waals surface area (Å²) in [4.78, 5) is 70.6. The lowest BCUT2D eigenvalue weighted by molar-refractivity contribution is -0.131. The Morgan fingerprint density at radius 2 is 1.68 bits per heavy atom. The van der Waals surface area contributed by atoms with Crippen LogP contribution in [0.15, 0.2) is 33.9 Å². The SMILES string of the molecule is CCCn1c(=O)c2[nH]c(-c3ccc(OCC(=O)NNC(=O)[C@H](CCSC)NC(=O)OC(C)(C)C)cc3)nc2n(CCC)c1=O. The molecule has 3 rings (SSSR count). The molecule has 44 heavy (non-hydrogen) atoms. The van der Waals surface area contributed by atoms with Crippen molar-refractivity contribution in [1.82, 2.24) is 35.3 Å². The molecule has 0 radical (unpaired) electrons. The van der Waals surface area contributed by atoms with E-state index in [2.05, 4.69) is 26.1 Å². The summed E-state index contributed by atoms with van der Waals surface area (Å²) in [5.74, 6) is 0.185. The van der Waals surface area contributed by atoms with Gasteiger partial charge in [-0.25, -0.2) is 14.6 Å². The Bertz CT molecular complexity index is 1570. The van der Waals surface area contributed by atoms with E-state index in [1.165, 1.54) is 20.9 Å². The minimum absolute atomic E-state index is 0.262. The third kappa shape index (κ3) is 9.11. The summed E-state index contributed by atoms with van der Waals surface area (Å²) in [6, 6.07) is 5.77. The van der Waals surface area contributed by atoms with Gasteiger partial charge in [-0.2, -0.15) is 11.8 Å². The Kier molecular flexibility index (Phi) is 12.0. The quantitative estimate of drug-likeness (QED) is 0.206. The lowest BCUT2D eigenvalue weighted by Gasteiger charge is -2.23. The molecule has 1 atom stereocenters. The van der Waals surface area contributed by atoms with Crippen LogP contribution in [-0.4, -0.2) is 67.3 Å². The average molecular weight is 632 g/mol. The van der Waals surface area contributed by atoms with Crippen molar-refractivity contribution in [3.63, 3.8) is 0 Å². The number of H-pyrrole nitrogens is 1. The molecule has 3 amide bonds. The predicted molar refractivity (Wildman–Crippen MR) is 169 cm³/mol. The number of rotatable bonds is 13. The molecule has 2 aromatic heterocycles. The summed E-state index contributed by atoms with van der Waals surface area (Å²) >= 11 is 1.51. The molecular formula is C29H41N7O7S. The third-order valence-corrected chi connectivity index (χ3v) is 6.84. The topological polar surface area (TPSA) is 178 Å². The van der Waals surface area contributed by atoms with Crippen LogP contribution in [0.25, 0.3) is 22.6 Å². The van der Waals surface area contributed by atoms with Gasteiger partial charge in [0.15, 0.2) is 12.3 Å². The van der Waals surface area contributed by atoms with Crippen LogP contribution in [0.1, 0.15) is 53.9 Å². The average Bonchev–Trinajstić information content (AvgIpc) is 3.42. The van der Waals surface area contributed by atoms with Crippen molar-refractivity contribution in [2.45, 2.75) is 78.6 Å². The number of amides is 3. The zero-order valence-corrected chi connectivity index (χ0v) is 26.8. The van der Waals surface area contributed by atoms with Crippen molar-refractivity contribution in [2.75, 3.05) is 18.6 Å². The summed E-state index contributed by atoms with van der Waals surface area (Å²) in [5.41, 5.74) is 4.30. The van der Waals surface area contributed by atoms with Crippen LogP contribution in [0, 0.1) is 0 Å². The number of nitrogens with one attached hydrogen (secondary N) is 4. The summed E-state index contributed by atoms with van der Waals surface area (Å²) in [5, 5.41) is 2.53. The normalized spacial score (nSPS) is 12.0. The number of carbonyl (C=O) groups excluding carboxylic acids is 3. The molecule has 0 aliphatic rings. The smallest absolute Gasteiger partial charge is 0.408 e. The number of nitrogens with zero attached hydrogens (tertiary/aromatic N) is 3. The van der Waals surface area contributed by atoms with E-state index in [-0.39, 0.29) is 17.8 Å². The van der Waals surface area contributed by atoms with Crippen molar-refractivity contribution in [2.24, 2.45) is 0 Å². The first-order chi connectivity index (χ1) is 20.9. The maximum Gasteiger partial charge on any atom is 0.408 e. The molecule has 0 aliphatic heterocycles. The Hall–Kier alpha value is -4.27. The molecular weight excluding hydrogens is 590 g/mol. The summed E-state index contributed by atoms with van der Waals surface area (Å²) < 4.78 is 13.5. The van der Waals surface area contributed by atoms with Crippen molar-refractivity contribution in [3.05, 3.63) is 45.1 Å². The maximum atomic E-state index is 13.0. The highest BCUT2D eigenvalue weighted by Gasteiger charge is 2.24. The number of ether oxygens (including phenoxy) is 2. The molecule has 0 fully saturated rings.